The molecule has 1 rings (SSSR count). The Hall–Kier alpha value is -1.73. The van der Waals surface area contributed by atoms with Crippen LogP contribution in [-0.4, -0.2) is 54.1 Å². The Bertz CT molecular complexity index is 457. The number of methoxy groups -OCH3 is 2. The third-order valence-corrected chi connectivity index (χ3v) is 2.59. The maximum atomic E-state index is 11.3. The van der Waals surface area contributed by atoms with Crippen LogP contribution >= 0.6 is 11.6 Å². The molecule has 8 heteroatoms. The first kappa shape index (κ1) is 16.3. The molecule has 0 aliphatic heterocycles. The van der Waals surface area contributed by atoms with Gasteiger partial charge in [0, 0.05) is 5.69 Å². The number of rotatable bonds is 6. The molecule has 7 nitrogen and oxygen atoms in total. The van der Waals surface area contributed by atoms with Crippen molar-refractivity contribution in [3.63, 3.8) is 0 Å². The van der Waals surface area contributed by atoms with E-state index in [9.17, 15) is 9.59 Å². The van der Waals surface area contributed by atoms with Gasteiger partial charge in [0.25, 0.3) is 0 Å². The van der Waals surface area contributed by atoms with E-state index in [0.717, 1.165) is 0 Å². The van der Waals surface area contributed by atoms with Gasteiger partial charge in [-0.1, -0.05) is 11.6 Å². The van der Waals surface area contributed by atoms with E-state index < -0.39 is 11.9 Å². The topological polar surface area (TPSA) is 81.6 Å². The number of aryl methyl sites for hydroxylation is 1. The summed E-state index contributed by atoms with van der Waals surface area (Å²) in [5.74, 6) is -0.511. The molecule has 0 saturated heterocycles. The van der Waals surface area contributed by atoms with Gasteiger partial charge in [-0.25, -0.2) is 9.97 Å². The van der Waals surface area contributed by atoms with Crippen molar-refractivity contribution in [2.75, 3.05) is 27.3 Å². The Labute approximate surface area is 121 Å². The number of hydrogen-bond acceptors (Lipinski definition) is 7. The zero-order valence-electron chi connectivity index (χ0n) is 11.6. The summed E-state index contributed by atoms with van der Waals surface area (Å²) in [6.45, 7) is 1.83. The number of nitrogens with zero attached hydrogens (tertiary/aromatic N) is 3. The van der Waals surface area contributed by atoms with E-state index in [-0.39, 0.29) is 19.6 Å². The van der Waals surface area contributed by atoms with Crippen LogP contribution in [0, 0.1) is 6.92 Å². The van der Waals surface area contributed by atoms with E-state index in [1.54, 1.807) is 13.0 Å². The molecule has 1 aromatic heterocycles. The molecule has 110 valence electrons. The predicted octanol–water partition coefficient (Wildman–Crippen LogP) is 0.586. The molecule has 0 radical (unpaired) electrons. The van der Waals surface area contributed by atoms with E-state index in [1.807, 2.05) is 0 Å². The van der Waals surface area contributed by atoms with Crippen LogP contribution in [-0.2, 0) is 25.6 Å². The summed E-state index contributed by atoms with van der Waals surface area (Å²) in [5.41, 5.74) is 0.705. The van der Waals surface area contributed by atoms with Gasteiger partial charge in [-0.2, -0.15) is 0 Å². The van der Waals surface area contributed by atoms with Gasteiger partial charge in [-0.3, -0.25) is 14.5 Å². The number of aromatic nitrogens is 2. The van der Waals surface area contributed by atoms with Gasteiger partial charge in [0.05, 0.1) is 33.9 Å². The largest absolute Gasteiger partial charge is 0.468 e. The lowest BCUT2D eigenvalue weighted by Gasteiger charge is -2.18. The lowest BCUT2D eigenvalue weighted by molar-refractivity contribution is -0.145. The number of carbonyl (C=O) groups excluding carboxylic acids is 2. The predicted molar refractivity (Wildman–Crippen MR) is 71.1 cm³/mol. The Morgan fingerprint density at radius 2 is 1.75 bits per heavy atom. The third-order valence-electron chi connectivity index (χ3n) is 2.40. The van der Waals surface area contributed by atoms with E-state index in [1.165, 1.54) is 19.1 Å². The average Bonchev–Trinajstić information content (AvgIpc) is 2.36. The summed E-state index contributed by atoms with van der Waals surface area (Å²) in [4.78, 5) is 32.4. The maximum Gasteiger partial charge on any atom is 0.319 e. The average molecular weight is 302 g/mol. The van der Waals surface area contributed by atoms with Crippen LogP contribution in [0.5, 0.6) is 0 Å². The van der Waals surface area contributed by atoms with Gasteiger partial charge in [-0.05, 0) is 13.0 Å². The molecule has 0 fully saturated rings. The number of hydrogen-bond donors (Lipinski definition) is 0. The Balaban J connectivity index is 2.81. The number of halogens is 1. The fourth-order valence-corrected chi connectivity index (χ4v) is 1.78. The fraction of sp³-hybridized carbons (Fsp3) is 0.500. The van der Waals surface area contributed by atoms with E-state index in [4.69, 9.17) is 11.6 Å². The van der Waals surface area contributed by atoms with Crippen LogP contribution in [0.15, 0.2) is 6.07 Å². The van der Waals surface area contributed by atoms with Crippen LogP contribution in [0.4, 0.5) is 0 Å². The van der Waals surface area contributed by atoms with Gasteiger partial charge >= 0.3 is 11.9 Å². The number of esters is 2. The lowest BCUT2D eigenvalue weighted by atomic mass is 10.4. The van der Waals surface area contributed by atoms with Crippen molar-refractivity contribution < 1.29 is 19.1 Å². The fourth-order valence-electron chi connectivity index (χ4n) is 1.52. The van der Waals surface area contributed by atoms with Crippen molar-refractivity contribution in [3.05, 3.63) is 22.7 Å². The van der Waals surface area contributed by atoms with Crippen LogP contribution in [0.3, 0.4) is 0 Å². The Morgan fingerprint density at radius 1 is 1.20 bits per heavy atom. The highest BCUT2D eigenvalue weighted by atomic mass is 35.5. The van der Waals surface area contributed by atoms with Crippen molar-refractivity contribution in [2.24, 2.45) is 0 Å². The van der Waals surface area contributed by atoms with Crippen LogP contribution in [0.2, 0.25) is 5.15 Å². The lowest BCUT2D eigenvalue weighted by Crippen LogP contribution is -2.35. The second-order valence-electron chi connectivity index (χ2n) is 4.05. The van der Waals surface area contributed by atoms with E-state index in [0.29, 0.717) is 16.7 Å². The quantitative estimate of drug-likeness (QED) is 0.561. The minimum atomic E-state index is -0.465. The van der Waals surface area contributed by atoms with Crippen molar-refractivity contribution >= 4 is 23.5 Å². The van der Waals surface area contributed by atoms with Crippen molar-refractivity contribution in [1.82, 2.24) is 14.9 Å². The third kappa shape index (κ3) is 5.50. The molecular weight excluding hydrogens is 286 g/mol. The summed E-state index contributed by atoms with van der Waals surface area (Å²) >= 11 is 5.85. The summed E-state index contributed by atoms with van der Waals surface area (Å²) in [5, 5.41) is 0.309. The van der Waals surface area contributed by atoms with Crippen molar-refractivity contribution in [3.8, 4) is 0 Å². The second-order valence-corrected chi connectivity index (χ2v) is 4.43. The molecule has 0 aliphatic rings. The molecule has 0 aliphatic carbocycles. The first-order valence-corrected chi connectivity index (χ1v) is 6.18. The molecule has 0 aromatic carbocycles. The van der Waals surface area contributed by atoms with Crippen LogP contribution < -0.4 is 0 Å². The maximum absolute atomic E-state index is 11.3. The molecule has 1 heterocycles. The molecule has 0 saturated carbocycles. The Kier molecular flexibility index (Phi) is 6.33. The molecule has 0 atom stereocenters. The molecular formula is C12H16ClN3O4. The first-order chi connectivity index (χ1) is 9.44. The first-order valence-electron chi connectivity index (χ1n) is 5.80. The zero-order valence-corrected chi connectivity index (χ0v) is 12.3. The highest BCUT2D eigenvalue weighted by Gasteiger charge is 2.17. The Morgan fingerprint density at radius 3 is 2.20 bits per heavy atom. The minimum Gasteiger partial charge on any atom is -0.468 e. The number of carbonyl (C=O) groups is 2. The van der Waals surface area contributed by atoms with Gasteiger partial charge in [-0.15, -0.1) is 0 Å². The summed E-state index contributed by atoms with van der Waals surface area (Å²) in [7, 11) is 2.55. The molecule has 0 amide bonds. The standard InChI is InChI=1S/C12H16ClN3O4/c1-8-4-9(13)15-10(14-8)5-16(6-11(17)19-2)7-12(18)20-3/h4H,5-7H2,1-3H3. The van der Waals surface area contributed by atoms with Gasteiger partial charge in [0.2, 0.25) is 0 Å². The molecule has 1 aromatic rings. The van der Waals surface area contributed by atoms with Crippen molar-refractivity contribution in [1.29, 1.82) is 0 Å². The van der Waals surface area contributed by atoms with Gasteiger partial charge < -0.3 is 9.47 Å². The highest BCUT2D eigenvalue weighted by Crippen LogP contribution is 2.08. The second kappa shape index (κ2) is 7.76. The normalized spacial score (nSPS) is 10.4. The summed E-state index contributed by atoms with van der Waals surface area (Å²) < 4.78 is 9.16. The summed E-state index contributed by atoms with van der Waals surface area (Å²) in [6, 6.07) is 1.62. The van der Waals surface area contributed by atoms with Gasteiger partial charge in [0.15, 0.2) is 0 Å². The highest BCUT2D eigenvalue weighted by molar-refractivity contribution is 6.29. The van der Waals surface area contributed by atoms with E-state index >= 15 is 0 Å². The van der Waals surface area contributed by atoms with Crippen LogP contribution in [0.25, 0.3) is 0 Å². The van der Waals surface area contributed by atoms with E-state index in [2.05, 4.69) is 19.4 Å². The zero-order chi connectivity index (χ0) is 15.1. The smallest absolute Gasteiger partial charge is 0.319 e. The molecule has 0 unspecified atom stereocenters. The molecule has 0 N–H and O–H groups in total. The number of ether oxygens (including phenoxy) is 2. The monoisotopic (exact) mass is 301 g/mol. The molecule has 20 heavy (non-hydrogen) atoms. The minimum absolute atomic E-state index is 0.0689. The van der Waals surface area contributed by atoms with Crippen LogP contribution in [0.1, 0.15) is 11.5 Å². The SMILES string of the molecule is COC(=O)CN(CC(=O)OC)Cc1nc(C)cc(Cl)n1. The van der Waals surface area contributed by atoms with Gasteiger partial charge in [0.1, 0.15) is 11.0 Å². The molecule has 0 spiro atoms. The van der Waals surface area contributed by atoms with Crippen molar-refractivity contribution in [2.45, 2.75) is 13.5 Å². The summed E-state index contributed by atoms with van der Waals surface area (Å²) in [6.07, 6.45) is 0. The molecule has 0 bridgehead atoms.